The molecular weight excluding hydrogens is 286 g/mol. The first-order valence-corrected chi connectivity index (χ1v) is 7.86. The molecule has 0 aromatic heterocycles. The van der Waals surface area contributed by atoms with E-state index in [1.165, 1.54) is 7.11 Å². The van der Waals surface area contributed by atoms with Crippen molar-refractivity contribution in [2.24, 2.45) is 11.3 Å². The van der Waals surface area contributed by atoms with Gasteiger partial charge in [0, 0.05) is 12.2 Å². The maximum atomic E-state index is 12.8. The maximum absolute atomic E-state index is 12.8. The highest BCUT2D eigenvalue weighted by Crippen LogP contribution is 2.56. The summed E-state index contributed by atoms with van der Waals surface area (Å²) in [5.74, 6) is -2.56. The Bertz CT molecular complexity index is 567. The minimum Gasteiger partial charge on any atom is -0.481 e. The van der Waals surface area contributed by atoms with Crippen LogP contribution >= 0.6 is 0 Å². The Balaban J connectivity index is 2.20. The van der Waals surface area contributed by atoms with Gasteiger partial charge in [-0.1, -0.05) is 6.42 Å². The number of carbonyl (C=O) groups excluding carboxylic acids is 2. The van der Waals surface area contributed by atoms with E-state index in [9.17, 15) is 19.5 Å². The van der Waals surface area contributed by atoms with Gasteiger partial charge in [0.15, 0.2) is 0 Å². The molecule has 1 N–H and O–H groups in total. The average molecular weight is 307 g/mol. The summed E-state index contributed by atoms with van der Waals surface area (Å²) >= 11 is 0. The molecule has 2 atom stereocenters. The molecule has 0 radical (unpaired) electrons. The van der Waals surface area contributed by atoms with Gasteiger partial charge >= 0.3 is 11.9 Å². The third-order valence-corrected chi connectivity index (χ3v) is 5.27. The van der Waals surface area contributed by atoms with Crippen LogP contribution in [0.1, 0.15) is 44.9 Å². The third-order valence-electron chi connectivity index (χ3n) is 5.27. The molecule has 0 spiro atoms. The van der Waals surface area contributed by atoms with E-state index >= 15 is 0 Å². The molecule has 0 bridgehead atoms. The van der Waals surface area contributed by atoms with Crippen LogP contribution in [-0.4, -0.2) is 41.5 Å². The first-order valence-electron chi connectivity index (χ1n) is 7.86. The van der Waals surface area contributed by atoms with Crippen LogP contribution in [0.4, 0.5) is 0 Å². The molecule has 0 aromatic carbocycles. The molecule has 6 nitrogen and oxygen atoms in total. The zero-order valence-electron chi connectivity index (χ0n) is 12.8. The molecule has 120 valence electrons. The van der Waals surface area contributed by atoms with Crippen LogP contribution in [0, 0.1) is 11.3 Å². The van der Waals surface area contributed by atoms with Crippen LogP contribution in [0.2, 0.25) is 0 Å². The van der Waals surface area contributed by atoms with Crippen LogP contribution in [0.15, 0.2) is 11.3 Å². The van der Waals surface area contributed by atoms with Crippen LogP contribution < -0.4 is 0 Å². The number of methoxy groups -OCH3 is 1. The van der Waals surface area contributed by atoms with Crippen LogP contribution in [0.25, 0.3) is 0 Å². The van der Waals surface area contributed by atoms with E-state index in [1.807, 2.05) is 0 Å². The number of nitrogens with zero attached hydrogens (tertiary/aromatic N) is 1. The van der Waals surface area contributed by atoms with Gasteiger partial charge in [0.2, 0.25) is 5.91 Å². The van der Waals surface area contributed by atoms with Crippen molar-refractivity contribution in [3.63, 3.8) is 0 Å². The minimum absolute atomic E-state index is 0.220. The lowest BCUT2D eigenvalue weighted by Gasteiger charge is -2.34. The number of hydrogen-bond donors (Lipinski definition) is 1. The van der Waals surface area contributed by atoms with Crippen molar-refractivity contribution in [1.29, 1.82) is 0 Å². The fraction of sp³-hybridized carbons (Fsp3) is 0.688. The SMILES string of the molecule is COC(=O)[C@]12CCCCC3=C1N(CCC3)C(=O)[C@@H]2CC(=O)O. The smallest absolute Gasteiger partial charge is 0.318 e. The van der Waals surface area contributed by atoms with Gasteiger partial charge < -0.3 is 14.7 Å². The maximum Gasteiger partial charge on any atom is 0.318 e. The summed E-state index contributed by atoms with van der Waals surface area (Å²) in [6.45, 7) is 0.576. The van der Waals surface area contributed by atoms with E-state index in [0.717, 1.165) is 43.4 Å². The third kappa shape index (κ3) is 1.96. The zero-order chi connectivity index (χ0) is 15.9. The lowest BCUT2D eigenvalue weighted by molar-refractivity contribution is -0.156. The Morgan fingerprint density at radius 3 is 2.73 bits per heavy atom. The molecule has 2 heterocycles. The topological polar surface area (TPSA) is 83.9 Å². The van der Waals surface area contributed by atoms with E-state index in [-0.39, 0.29) is 12.3 Å². The summed E-state index contributed by atoms with van der Waals surface area (Å²) in [5.41, 5.74) is 0.839. The normalized spacial score (nSPS) is 30.9. The quantitative estimate of drug-likeness (QED) is 0.802. The molecule has 0 aromatic rings. The van der Waals surface area contributed by atoms with E-state index in [0.29, 0.717) is 13.0 Å². The first-order chi connectivity index (χ1) is 10.5. The fourth-order valence-electron chi connectivity index (χ4n) is 4.45. The van der Waals surface area contributed by atoms with Gasteiger partial charge in [-0.15, -0.1) is 0 Å². The number of hydrogen-bond acceptors (Lipinski definition) is 4. The lowest BCUT2D eigenvalue weighted by atomic mass is 9.70. The number of aliphatic carboxylic acids is 1. The summed E-state index contributed by atoms with van der Waals surface area (Å²) in [7, 11) is 1.32. The molecule has 1 saturated heterocycles. The van der Waals surface area contributed by atoms with Gasteiger partial charge in [0.1, 0.15) is 5.41 Å². The fourth-order valence-corrected chi connectivity index (χ4v) is 4.45. The Morgan fingerprint density at radius 1 is 1.32 bits per heavy atom. The second-order valence-corrected chi connectivity index (χ2v) is 6.37. The molecule has 22 heavy (non-hydrogen) atoms. The number of allylic oxidation sites excluding steroid dienone is 1. The van der Waals surface area contributed by atoms with E-state index < -0.39 is 23.3 Å². The van der Waals surface area contributed by atoms with E-state index in [4.69, 9.17) is 4.74 Å². The Hall–Kier alpha value is -1.85. The number of amides is 1. The zero-order valence-corrected chi connectivity index (χ0v) is 12.8. The molecule has 1 aliphatic carbocycles. The molecule has 1 fully saturated rings. The summed E-state index contributed by atoms with van der Waals surface area (Å²) in [5, 5.41) is 9.22. The van der Waals surface area contributed by atoms with Gasteiger partial charge in [-0.05, 0) is 37.7 Å². The average Bonchev–Trinajstić information content (AvgIpc) is 2.65. The molecule has 0 unspecified atom stereocenters. The first kappa shape index (κ1) is 15.1. The van der Waals surface area contributed by atoms with Gasteiger partial charge in [-0.25, -0.2) is 0 Å². The number of carbonyl (C=O) groups is 3. The van der Waals surface area contributed by atoms with Crippen LogP contribution in [0.3, 0.4) is 0 Å². The number of rotatable bonds is 3. The Labute approximate surface area is 129 Å². The van der Waals surface area contributed by atoms with Crippen molar-refractivity contribution >= 4 is 17.8 Å². The number of ether oxygens (including phenoxy) is 1. The predicted octanol–water partition coefficient (Wildman–Crippen LogP) is 1.70. The summed E-state index contributed by atoms with van der Waals surface area (Å²) in [4.78, 5) is 38.4. The summed E-state index contributed by atoms with van der Waals surface area (Å²) in [6, 6.07) is 0. The van der Waals surface area contributed by atoms with Gasteiger partial charge in [0.25, 0.3) is 0 Å². The summed E-state index contributed by atoms with van der Waals surface area (Å²) in [6.07, 6.45) is 4.61. The highest BCUT2D eigenvalue weighted by Gasteiger charge is 2.62. The largest absolute Gasteiger partial charge is 0.481 e. The van der Waals surface area contributed by atoms with Gasteiger partial charge in [-0.3, -0.25) is 14.4 Å². The standard InChI is InChI=1S/C16H21NO5/c1-22-15(21)16-7-3-2-5-10-6-4-8-17(13(10)16)14(20)11(16)9-12(18)19/h11H,2-9H2,1H3,(H,18,19)/t11-,16-/m0/s1. The van der Waals surface area contributed by atoms with Crippen LogP contribution in [0.5, 0.6) is 0 Å². The van der Waals surface area contributed by atoms with E-state index in [1.54, 1.807) is 4.90 Å². The lowest BCUT2D eigenvalue weighted by Crippen LogP contribution is -2.40. The molecular formula is C16H21NO5. The van der Waals surface area contributed by atoms with Crippen molar-refractivity contribution in [2.75, 3.05) is 13.7 Å². The van der Waals surface area contributed by atoms with Crippen molar-refractivity contribution < 1.29 is 24.2 Å². The molecule has 0 saturated carbocycles. The minimum atomic E-state index is -1.09. The summed E-state index contributed by atoms with van der Waals surface area (Å²) < 4.78 is 5.03. The van der Waals surface area contributed by atoms with Crippen molar-refractivity contribution in [1.82, 2.24) is 4.90 Å². The second-order valence-electron chi connectivity index (χ2n) is 6.37. The van der Waals surface area contributed by atoms with Crippen molar-refractivity contribution in [3.8, 4) is 0 Å². The number of carboxylic acids is 1. The Kier molecular flexibility index (Phi) is 3.70. The molecule has 3 aliphatic rings. The second kappa shape index (κ2) is 5.41. The number of carboxylic acid groups (broad SMARTS) is 1. The van der Waals surface area contributed by atoms with Crippen molar-refractivity contribution in [2.45, 2.75) is 44.9 Å². The highest BCUT2D eigenvalue weighted by molar-refractivity contribution is 5.98. The van der Waals surface area contributed by atoms with Crippen LogP contribution in [-0.2, 0) is 19.1 Å². The molecule has 2 aliphatic heterocycles. The predicted molar refractivity (Wildman–Crippen MR) is 76.6 cm³/mol. The van der Waals surface area contributed by atoms with Gasteiger partial charge in [0.05, 0.1) is 19.4 Å². The van der Waals surface area contributed by atoms with E-state index in [2.05, 4.69) is 0 Å². The molecule has 6 heteroatoms. The number of esters is 1. The molecule has 3 rings (SSSR count). The molecule has 1 amide bonds. The highest BCUT2D eigenvalue weighted by atomic mass is 16.5. The monoisotopic (exact) mass is 307 g/mol. The Morgan fingerprint density at radius 2 is 2.05 bits per heavy atom. The van der Waals surface area contributed by atoms with Crippen molar-refractivity contribution in [3.05, 3.63) is 11.3 Å². The van der Waals surface area contributed by atoms with Gasteiger partial charge in [-0.2, -0.15) is 0 Å².